The number of nitrogens with two attached hydrogens (primary N) is 1. The molecule has 4 nitrogen and oxygen atoms in total. The van der Waals surface area contributed by atoms with Crippen molar-refractivity contribution in [2.24, 2.45) is 0 Å². The standard InChI is InChI=1S/C16H18FN3O/c1-11-3-6-13(7-4-11)20(2)10-16(21)19-15-9-12(18)5-8-14(15)17/h3-9H,10,18H2,1-2H3,(H,19,21). The molecule has 0 bridgehead atoms. The molecule has 0 aromatic heterocycles. The minimum Gasteiger partial charge on any atom is -0.399 e. The van der Waals surface area contributed by atoms with Crippen LogP contribution in [0, 0.1) is 12.7 Å². The van der Waals surface area contributed by atoms with Crippen molar-refractivity contribution in [2.75, 3.05) is 29.5 Å². The highest BCUT2D eigenvalue weighted by Gasteiger charge is 2.10. The molecule has 0 aliphatic carbocycles. The Labute approximate surface area is 123 Å². The number of carbonyl (C=O) groups excluding carboxylic acids is 1. The summed E-state index contributed by atoms with van der Waals surface area (Å²) in [4.78, 5) is 13.8. The maximum absolute atomic E-state index is 13.6. The highest BCUT2D eigenvalue weighted by Crippen LogP contribution is 2.18. The lowest BCUT2D eigenvalue weighted by atomic mass is 10.2. The molecule has 0 heterocycles. The summed E-state index contributed by atoms with van der Waals surface area (Å²) in [6.45, 7) is 2.12. The summed E-state index contributed by atoms with van der Waals surface area (Å²) in [6.07, 6.45) is 0. The predicted molar refractivity (Wildman–Crippen MR) is 83.9 cm³/mol. The molecule has 110 valence electrons. The lowest BCUT2D eigenvalue weighted by Gasteiger charge is -2.19. The Morgan fingerprint density at radius 2 is 1.90 bits per heavy atom. The quantitative estimate of drug-likeness (QED) is 0.850. The van der Waals surface area contributed by atoms with Crippen LogP contribution in [0.25, 0.3) is 0 Å². The largest absolute Gasteiger partial charge is 0.399 e. The van der Waals surface area contributed by atoms with Gasteiger partial charge >= 0.3 is 0 Å². The monoisotopic (exact) mass is 287 g/mol. The van der Waals surface area contributed by atoms with E-state index in [4.69, 9.17) is 5.73 Å². The van der Waals surface area contributed by atoms with Crippen LogP contribution in [0.15, 0.2) is 42.5 Å². The van der Waals surface area contributed by atoms with Crippen molar-refractivity contribution in [3.05, 3.63) is 53.8 Å². The van der Waals surface area contributed by atoms with Crippen molar-refractivity contribution >= 4 is 23.0 Å². The molecular weight excluding hydrogens is 269 g/mol. The fourth-order valence-corrected chi connectivity index (χ4v) is 1.93. The molecule has 0 fully saturated rings. The first kappa shape index (κ1) is 14.8. The number of hydrogen-bond donors (Lipinski definition) is 2. The van der Waals surface area contributed by atoms with Gasteiger partial charge in [-0.3, -0.25) is 4.79 Å². The van der Waals surface area contributed by atoms with E-state index in [1.165, 1.54) is 18.2 Å². The van der Waals surface area contributed by atoms with E-state index in [1.807, 2.05) is 31.2 Å². The second-order valence-corrected chi connectivity index (χ2v) is 4.98. The Bertz CT molecular complexity index is 640. The van der Waals surface area contributed by atoms with E-state index in [9.17, 15) is 9.18 Å². The van der Waals surface area contributed by atoms with Crippen LogP contribution in [0.2, 0.25) is 0 Å². The minimum absolute atomic E-state index is 0.0947. The van der Waals surface area contributed by atoms with Gasteiger partial charge in [0.15, 0.2) is 0 Å². The van der Waals surface area contributed by atoms with Crippen LogP contribution in [0.4, 0.5) is 21.5 Å². The molecule has 0 saturated carbocycles. The summed E-state index contributed by atoms with van der Waals surface area (Å²) in [5.74, 6) is -0.807. The number of amides is 1. The Morgan fingerprint density at radius 1 is 1.24 bits per heavy atom. The SMILES string of the molecule is Cc1ccc(N(C)CC(=O)Nc2cc(N)ccc2F)cc1. The summed E-state index contributed by atoms with van der Waals surface area (Å²) in [6, 6.07) is 11.9. The van der Waals surface area contributed by atoms with Gasteiger partial charge in [0.2, 0.25) is 5.91 Å². The number of nitrogens with one attached hydrogen (secondary N) is 1. The second kappa shape index (κ2) is 6.26. The van der Waals surface area contributed by atoms with Crippen molar-refractivity contribution < 1.29 is 9.18 Å². The lowest BCUT2D eigenvalue weighted by Crippen LogP contribution is -2.30. The Morgan fingerprint density at radius 3 is 2.57 bits per heavy atom. The molecule has 0 aliphatic rings. The van der Waals surface area contributed by atoms with Gasteiger partial charge in [0.05, 0.1) is 12.2 Å². The van der Waals surface area contributed by atoms with Crippen molar-refractivity contribution in [1.82, 2.24) is 0 Å². The Balaban J connectivity index is 2.01. The molecule has 2 aromatic carbocycles. The van der Waals surface area contributed by atoms with Gasteiger partial charge in [-0.2, -0.15) is 0 Å². The van der Waals surface area contributed by atoms with Gasteiger partial charge in [0.25, 0.3) is 0 Å². The topological polar surface area (TPSA) is 58.4 Å². The first-order valence-corrected chi connectivity index (χ1v) is 6.58. The third-order valence-electron chi connectivity index (χ3n) is 3.12. The molecule has 2 rings (SSSR count). The van der Waals surface area contributed by atoms with Gasteiger partial charge in [-0.15, -0.1) is 0 Å². The minimum atomic E-state index is -0.504. The van der Waals surface area contributed by atoms with Crippen molar-refractivity contribution in [1.29, 1.82) is 0 Å². The summed E-state index contributed by atoms with van der Waals surface area (Å²) < 4.78 is 13.6. The van der Waals surface area contributed by atoms with Crippen LogP contribution in [0.3, 0.4) is 0 Å². The van der Waals surface area contributed by atoms with Crippen LogP contribution in [-0.4, -0.2) is 19.5 Å². The molecule has 2 aromatic rings. The van der Waals surface area contributed by atoms with Crippen LogP contribution in [0.1, 0.15) is 5.56 Å². The molecule has 5 heteroatoms. The number of aryl methyl sites for hydroxylation is 1. The number of anilines is 3. The van der Waals surface area contributed by atoms with Gasteiger partial charge in [-0.05, 0) is 37.3 Å². The van der Waals surface area contributed by atoms with Crippen LogP contribution >= 0.6 is 0 Å². The maximum Gasteiger partial charge on any atom is 0.243 e. The number of nitrogen functional groups attached to an aromatic ring is 1. The van der Waals surface area contributed by atoms with Gasteiger partial charge in [0.1, 0.15) is 5.82 Å². The number of rotatable bonds is 4. The lowest BCUT2D eigenvalue weighted by molar-refractivity contribution is -0.114. The van der Waals surface area contributed by atoms with E-state index in [0.29, 0.717) is 5.69 Å². The van der Waals surface area contributed by atoms with E-state index in [1.54, 1.807) is 11.9 Å². The molecule has 0 atom stereocenters. The van der Waals surface area contributed by atoms with Gasteiger partial charge < -0.3 is 16.0 Å². The molecule has 21 heavy (non-hydrogen) atoms. The zero-order chi connectivity index (χ0) is 15.4. The first-order valence-electron chi connectivity index (χ1n) is 6.58. The Kier molecular flexibility index (Phi) is 4.42. The third-order valence-corrected chi connectivity index (χ3v) is 3.12. The molecule has 0 spiro atoms. The summed E-state index contributed by atoms with van der Waals surface area (Å²) in [7, 11) is 1.81. The zero-order valence-corrected chi connectivity index (χ0v) is 12.1. The normalized spacial score (nSPS) is 10.2. The zero-order valence-electron chi connectivity index (χ0n) is 12.1. The number of halogens is 1. The summed E-state index contributed by atoms with van der Waals surface area (Å²) >= 11 is 0. The molecule has 0 unspecified atom stereocenters. The highest BCUT2D eigenvalue weighted by molar-refractivity contribution is 5.94. The molecule has 1 amide bonds. The maximum atomic E-state index is 13.6. The van der Waals surface area contributed by atoms with Crippen LogP contribution < -0.4 is 16.0 Å². The van der Waals surface area contributed by atoms with Crippen LogP contribution in [0.5, 0.6) is 0 Å². The van der Waals surface area contributed by atoms with Gasteiger partial charge in [0, 0.05) is 18.4 Å². The van der Waals surface area contributed by atoms with E-state index in [0.717, 1.165) is 11.3 Å². The molecule has 0 aliphatic heterocycles. The molecule has 3 N–H and O–H groups in total. The van der Waals surface area contributed by atoms with E-state index < -0.39 is 5.82 Å². The number of likely N-dealkylation sites (N-methyl/N-ethyl adjacent to an activating group) is 1. The highest BCUT2D eigenvalue weighted by atomic mass is 19.1. The first-order chi connectivity index (χ1) is 9.95. The van der Waals surface area contributed by atoms with E-state index in [-0.39, 0.29) is 18.1 Å². The third kappa shape index (κ3) is 3.95. The molecular formula is C16H18FN3O. The second-order valence-electron chi connectivity index (χ2n) is 4.98. The number of nitrogens with zero attached hydrogens (tertiary/aromatic N) is 1. The average molecular weight is 287 g/mol. The smallest absolute Gasteiger partial charge is 0.243 e. The molecule has 0 saturated heterocycles. The van der Waals surface area contributed by atoms with E-state index >= 15 is 0 Å². The number of hydrogen-bond acceptors (Lipinski definition) is 3. The van der Waals surface area contributed by atoms with Crippen LogP contribution in [-0.2, 0) is 4.79 Å². The fourth-order valence-electron chi connectivity index (χ4n) is 1.93. The molecule has 0 radical (unpaired) electrons. The predicted octanol–water partition coefficient (Wildman–Crippen LogP) is 2.79. The summed E-state index contributed by atoms with van der Waals surface area (Å²) in [5, 5.41) is 2.53. The number of carbonyl (C=O) groups is 1. The number of benzene rings is 2. The van der Waals surface area contributed by atoms with E-state index in [2.05, 4.69) is 5.32 Å². The van der Waals surface area contributed by atoms with Gasteiger partial charge in [-0.25, -0.2) is 4.39 Å². The Hall–Kier alpha value is -2.56. The summed E-state index contributed by atoms with van der Waals surface area (Å²) in [5.41, 5.74) is 8.15. The van der Waals surface area contributed by atoms with Crippen molar-refractivity contribution in [3.8, 4) is 0 Å². The van der Waals surface area contributed by atoms with Crippen molar-refractivity contribution in [3.63, 3.8) is 0 Å². The average Bonchev–Trinajstić information content (AvgIpc) is 2.43. The van der Waals surface area contributed by atoms with Gasteiger partial charge in [-0.1, -0.05) is 17.7 Å². The van der Waals surface area contributed by atoms with Crippen molar-refractivity contribution in [2.45, 2.75) is 6.92 Å². The fraction of sp³-hybridized carbons (Fsp3) is 0.188.